The highest BCUT2D eigenvalue weighted by molar-refractivity contribution is 5.88. The lowest BCUT2D eigenvalue weighted by Crippen LogP contribution is -2.15. The Morgan fingerprint density at radius 1 is 1.08 bits per heavy atom. The van der Waals surface area contributed by atoms with Gasteiger partial charge in [-0.3, -0.25) is 0 Å². The summed E-state index contributed by atoms with van der Waals surface area (Å²) in [5.74, 6) is 0.0570. The lowest BCUT2D eigenvalue weighted by atomic mass is 10.2. The molecule has 4 N–H and O–H groups in total. The molecule has 0 radical (unpaired) electrons. The van der Waals surface area contributed by atoms with Crippen molar-refractivity contribution in [2.75, 3.05) is 23.0 Å². The summed E-state index contributed by atoms with van der Waals surface area (Å²) in [7, 11) is 1.87. The van der Waals surface area contributed by atoms with Gasteiger partial charge < -0.3 is 21.1 Å². The lowest BCUT2D eigenvalue weighted by molar-refractivity contribution is 0.0697. The van der Waals surface area contributed by atoms with Crippen molar-refractivity contribution in [1.29, 1.82) is 0 Å². The molecule has 0 aliphatic heterocycles. The average molecular weight is 335 g/mol. The lowest BCUT2D eigenvalue weighted by Gasteiger charge is -2.21. The highest BCUT2D eigenvalue weighted by Gasteiger charge is 2.13. The third-order valence-corrected chi connectivity index (χ3v) is 3.72. The highest BCUT2D eigenvalue weighted by Crippen LogP contribution is 2.31. The first-order valence-corrected chi connectivity index (χ1v) is 7.56. The molecule has 0 spiro atoms. The van der Waals surface area contributed by atoms with Gasteiger partial charge in [0.05, 0.1) is 5.56 Å². The van der Waals surface area contributed by atoms with Gasteiger partial charge in [0.2, 0.25) is 0 Å². The zero-order valence-electron chi connectivity index (χ0n) is 13.5. The van der Waals surface area contributed by atoms with E-state index in [0.717, 1.165) is 5.69 Å². The number of nitrogens with one attached hydrogen (secondary N) is 1. The van der Waals surface area contributed by atoms with E-state index in [-0.39, 0.29) is 5.56 Å². The number of benzene rings is 2. The Bertz CT molecular complexity index is 882. The summed E-state index contributed by atoms with van der Waals surface area (Å²) in [5.41, 5.74) is 8.47. The van der Waals surface area contributed by atoms with Crippen LogP contribution in [0, 0.1) is 0 Å². The van der Waals surface area contributed by atoms with Gasteiger partial charge in [-0.15, -0.1) is 0 Å². The van der Waals surface area contributed by atoms with E-state index in [9.17, 15) is 4.79 Å². The van der Waals surface area contributed by atoms with E-state index in [4.69, 9.17) is 10.8 Å². The van der Waals surface area contributed by atoms with Gasteiger partial charge in [-0.1, -0.05) is 18.2 Å². The topological polar surface area (TPSA) is 104 Å². The number of rotatable bonds is 5. The smallest absolute Gasteiger partial charge is 0.335 e. The number of nitrogens with two attached hydrogens (primary N) is 1. The van der Waals surface area contributed by atoms with Crippen LogP contribution in [0.1, 0.15) is 10.4 Å². The molecule has 126 valence electrons. The number of carboxylic acids is 1. The van der Waals surface area contributed by atoms with Crippen LogP contribution in [-0.4, -0.2) is 28.1 Å². The summed E-state index contributed by atoms with van der Waals surface area (Å²) in [5, 5.41) is 12.0. The minimum atomic E-state index is -0.972. The van der Waals surface area contributed by atoms with Crippen LogP contribution in [0.5, 0.6) is 0 Å². The molecule has 7 nitrogen and oxygen atoms in total. The fourth-order valence-corrected chi connectivity index (χ4v) is 2.36. The Balaban J connectivity index is 1.87. The minimum absolute atomic E-state index is 0.214. The first-order chi connectivity index (χ1) is 12.1. The second-order valence-electron chi connectivity index (χ2n) is 5.36. The molecule has 3 aromatic rings. The number of para-hydroxylation sites is 1. The molecule has 3 rings (SSSR count). The second kappa shape index (κ2) is 6.88. The predicted octanol–water partition coefficient (Wildman–Crippen LogP) is 3.27. The maximum Gasteiger partial charge on any atom is 0.335 e. The molecule has 2 aromatic carbocycles. The van der Waals surface area contributed by atoms with Gasteiger partial charge in [0.25, 0.3) is 0 Å². The third-order valence-electron chi connectivity index (χ3n) is 3.72. The number of hydrogen-bond donors (Lipinski definition) is 3. The number of nitrogens with zero attached hydrogens (tertiary/aromatic N) is 3. The number of carbonyl (C=O) groups is 1. The molecule has 0 atom stereocenters. The van der Waals surface area contributed by atoms with Crippen LogP contribution < -0.4 is 16.0 Å². The molecule has 0 bridgehead atoms. The molecule has 0 amide bonds. The van der Waals surface area contributed by atoms with Gasteiger partial charge in [0.1, 0.15) is 12.0 Å². The zero-order chi connectivity index (χ0) is 17.8. The average Bonchev–Trinajstić information content (AvgIpc) is 2.64. The van der Waals surface area contributed by atoms with Crippen LogP contribution in [0.4, 0.5) is 28.7 Å². The maximum atomic E-state index is 10.9. The summed E-state index contributed by atoms with van der Waals surface area (Å²) in [6.45, 7) is 0. The molecule has 7 heteroatoms. The molecular formula is C18H17N5O2. The Morgan fingerprint density at radius 3 is 2.40 bits per heavy atom. The molecule has 1 heterocycles. The molecule has 1 aromatic heterocycles. The monoisotopic (exact) mass is 335 g/mol. The van der Waals surface area contributed by atoms with Gasteiger partial charge in [-0.05, 0) is 36.4 Å². The van der Waals surface area contributed by atoms with Gasteiger partial charge in [-0.2, -0.15) is 0 Å². The second-order valence-corrected chi connectivity index (χ2v) is 5.36. The van der Waals surface area contributed by atoms with Crippen molar-refractivity contribution in [1.82, 2.24) is 9.97 Å². The molecule has 25 heavy (non-hydrogen) atoms. The zero-order valence-corrected chi connectivity index (χ0v) is 13.5. The molecule has 0 aliphatic rings. The Morgan fingerprint density at radius 2 is 1.76 bits per heavy atom. The number of anilines is 5. The fourth-order valence-electron chi connectivity index (χ4n) is 2.36. The van der Waals surface area contributed by atoms with Crippen molar-refractivity contribution in [2.24, 2.45) is 0 Å². The molecular weight excluding hydrogens is 318 g/mol. The molecule has 0 unspecified atom stereocenters. The first-order valence-electron chi connectivity index (χ1n) is 7.56. The predicted molar refractivity (Wildman–Crippen MR) is 97.6 cm³/mol. The van der Waals surface area contributed by atoms with E-state index >= 15 is 0 Å². The van der Waals surface area contributed by atoms with Crippen LogP contribution >= 0.6 is 0 Å². The number of carboxylic acid groups (broad SMARTS) is 1. The number of hydrogen-bond acceptors (Lipinski definition) is 6. The largest absolute Gasteiger partial charge is 0.478 e. The SMILES string of the molecule is CN(c1ccccc1)c1ncnc(Nc2ccc(C(=O)O)cc2)c1N. The van der Waals surface area contributed by atoms with Crippen LogP contribution in [0.25, 0.3) is 0 Å². The van der Waals surface area contributed by atoms with Crippen LogP contribution in [0.3, 0.4) is 0 Å². The van der Waals surface area contributed by atoms with Gasteiger partial charge in [0.15, 0.2) is 11.6 Å². The first kappa shape index (κ1) is 16.3. The van der Waals surface area contributed by atoms with Crippen molar-refractivity contribution in [3.05, 3.63) is 66.5 Å². The number of aromatic nitrogens is 2. The Hall–Kier alpha value is -3.61. The van der Waals surface area contributed by atoms with Crippen molar-refractivity contribution < 1.29 is 9.90 Å². The molecule has 0 saturated carbocycles. The van der Waals surface area contributed by atoms with Crippen molar-refractivity contribution >= 4 is 34.7 Å². The normalized spacial score (nSPS) is 10.3. The van der Waals surface area contributed by atoms with E-state index in [0.29, 0.717) is 23.0 Å². The van der Waals surface area contributed by atoms with Gasteiger partial charge >= 0.3 is 5.97 Å². The van der Waals surface area contributed by atoms with E-state index in [2.05, 4.69) is 15.3 Å². The van der Waals surface area contributed by atoms with Crippen molar-refractivity contribution in [3.8, 4) is 0 Å². The van der Waals surface area contributed by atoms with E-state index in [1.165, 1.54) is 18.5 Å². The summed E-state index contributed by atoms with van der Waals surface area (Å²) < 4.78 is 0. The summed E-state index contributed by atoms with van der Waals surface area (Å²) in [6.07, 6.45) is 1.43. The van der Waals surface area contributed by atoms with Gasteiger partial charge in [-0.25, -0.2) is 14.8 Å². The molecule has 0 aliphatic carbocycles. The number of aromatic carboxylic acids is 1. The van der Waals surface area contributed by atoms with Crippen molar-refractivity contribution in [2.45, 2.75) is 0 Å². The van der Waals surface area contributed by atoms with E-state index in [1.807, 2.05) is 42.3 Å². The standard InChI is InChI=1S/C18H17N5O2/c1-23(14-5-3-2-4-6-14)17-15(19)16(20-11-21-17)22-13-9-7-12(8-10-13)18(24)25/h2-11H,19H2,1H3,(H,24,25)(H,20,21,22). The Labute approximate surface area is 144 Å². The Kier molecular flexibility index (Phi) is 4.47. The number of nitrogen functional groups attached to an aromatic ring is 1. The summed E-state index contributed by atoms with van der Waals surface area (Å²) >= 11 is 0. The molecule has 0 fully saturated rings. The highest BCUT2D eigenvalue weighted by atomic mass is 16.4. The van der Waals surface area contributed by atoms with Gasteiger partial charge in [0, 0.05) is 18.4 Å². The van der Waals surface area contributed by atoms with Crippen molar-refractivity contribution in [3.63, 3.8) is 0 Å². The maximum absolute atomic E-state index is 10.9. The summed E-state index contributed by atoms with van der Waals surface area (Å²) in [4.78, 5) is 21.2. The fraction of sp³-hybridized carbons (Fsp3) is 0.0556. The molecule has 0 saturated heterocycles. The summed E-state index contributed by atoms with van der Waals surface area (Å²) in [6, 6.07) is 16.1. The van der Waals surface area contributed by atoms with E-state index in [1.54, 1.807) is 12.1 Å². The third kappa shape index (κ3) is 3.50. The van der Waals surface area contributed by atoms with Crippen LogP contribution in [0.2, 0.25) is 0 Å². The minimum Gasteiger partial charge on any atom is -0.478 e. The van der Waals surface area contributed by atoms with Crippen LogP contribution in [-0.2, 0) is 0 Å². The quantitative estimate of drug-likeness (QED) is 0.657. The van der Waals surface area contributed by atoms with E-state index < -0.39 is 5.97 Å². The van der Waals surface area contributed by atoms with Crippen LogP contribution in [0.15, 0.2) is 60.9 Å².